The van der Waals surface area contributed by atoms with Gasteiger partial charge in [-0.1, -0.05) is 49.4 Å². The zero-order chi connectivity index (χ0) is 17.3. The van der Waals surface area contributed by atoms with Gasteiger partial charge in [-0.25, -0.2) is 0 Å². The maximum atomic E-state index is 12.8. The van der Waals surface area contributed by atoms with Gasteiger partial charge in [0, 0.05) is 5.92 Å². The van der Waals surface area contributed by atoms with Gasteiger partial charge in [0.15, 0.2) is 5.41 Å². The van der Waals surface area contributed by atoms with Crippen molar-refractivity contribution in [2.45, 2.75) is 25.7 Å². The van der Waals surface area contributed by atoms with Crippen LogP contribution in [-0.4, -0.2) is 26.2 Å². The molecular weight excluding hydrogens is 304 g/mol. The summed E-state index contributed by atoms with van der Waals surface area (Å²) < 4.78 is 10.2. The average Bonchev–Trinajstić information content (AvgIpc) is 2.96. The average molecular weight is 328 g/mol. The highest BCUT2D eigenvalue weighted by molar-refractivity contribution is 6.02. The molecule has 1 saturated carbocycles. The molecule has 0 N–H and O–H groups in total. The van der Waals surface area contributed by atoms with Gasteiger partial charge in [0.25, 0.3) is 0 Å². The van der Waals surface area contributed by atoms with Gasteiger partial charge in [-0.15, -0.1) is 0 Å². The Balaban J connectivity index is 2.17. The predicted molar refractivity (Wildman–Crippen MR) is 90.2 cm³/mol. The smallest absolute Gasteiger partial charge is 0.323 e. The van der Waals surface area contributed by atoms with Crippen LogP contribution in [0.1, 0.15) is 31.2 Å². The zero-order valence-corrected chi connectivity index (χ0v) is 14.4. The van der Waals surface area contributed by atoms with Gasteiger partial charge in [0.1, 0.15) is 0 Å². The highest BCUT2D eigenvalue weighted by Gasteiger charge is 2.64. The molecule has 128 valence electrons. The number of carbonyl (C=O) groups is 2. The molecule has 0 saturated heterocycles. The highest BCUT2D eigenvalue weighted by atomic mass is 16.5. The molecule has 0 bridgehead atoms. The lowest BCUT2D eigenvalue weighted by molar-refractivity contribution is -0.170. The lowest BCUT2D eigenvalue weighted by Crippen LogP contribution is -2.44. The quantitative estimate of drug-likeness (QED) is 0.485. The van der Waals surface area contributed by atoms with Crippen molar-refractivity contribution >= 4 is 11.9 Å². The Hall–Kier alpha value is -2.10. The van der Waals surface area contributed by atoms with Crippen molar-refractivity contribution in [3.8, 4) is 0 Å². The summed E-state index contributed by atoms with van der Waals surface area (Å²) in [6, 6.07) is 9.83. The predicted octanol–water partition coefficient (Wildman–Crippen LogP) is 3.33. The summed E-state index contributed by atoms with van der Waals surface area (Å²) >= 11 is 0. The zero-order valence-electron chi connectivity index (χ0n) is 14.4. The molecule has 4 atom stereocenters. The van der Waals surface area contributed by atoms with Gasteiger partial charge in [0.05, 0.1) is 14.2 Å². The summed E-state index contributed by atoms with van der Waals surface area (Å²) in [7, 11) is 2.69. The molecule has 0 spiro atoms. The molecule has 0 aliphatic heterocycles. The van der Waals surface area contributed by atoms with Gasteiger partial charge in [0.2, 0.25) is 0 Å². The second-order valence-corrected chi connectivity index (χ2v) is 6.97. The van der Waals surface area contributed by atoms with Gasteiger partial charge in [-0.3, -0.25) is 9.59 Å². The van der Waals surface area contributed by atoms with Crippen LogP contribution >= 0.6 is 0 Å². The number of allylic oxidation sites excluding steroid dienone is 2. The first-order chi connectivity index (χ1) is 11.5. The summed E-state index contributed by atoms with van der Waals surface area (Å²) in [6.45, 7) is 2.17. The van der Waals surface area contributed by atoms with E-state index in [2.05, 4.69) is 19.1 Å². The number of ether oxygens (including phenoxy) is 2. The van der Waals surface area contributed by atoms with Gasteiger partial charge < -0.3 is 9.47 Å². The maximum absolute atomic E-state index is 12.8. The van der Waals surface area contributed by atoms with Gasteiger partial charge in [-0.2, -0.15) is 0 Å². The molecule has 0 heterocycles. The first-order valence-corrected chi connectivity index (χ1v) is 8.44. The van der Waals surface area contributed by atoms with E-state index in [9.17, 15) is 9.59 Å². The van der Waals surface area contributed by atoms with Crippen LogP contribution in [0.3, 0.4) is 0 Å². The van der Waals surface area contributed by atoms with E-state index in [1.165, 1.54) is 14.2 Å². The van der Waals surface area contributed by atoms with E-state index in [1.807, 2.05) is 30.3 Å². The third-order valence-electron chi connectivity index (χ3n) is 5.66. The van der Waals surface area contributed by atoms with Gasteiger partial charge in [-0.05, 0) is 36.2 Å². The van der Waals surface area contributed by atoms with Crippen LogP contribution in [-0.2, 0) is 19.1 Å². The van der Waals surface area contributed by atoms with E-state index in [-0.39, 0.29) is 17.8 Å². The monoisotopic (exact) mass is 328 g/mol. The Morgan fingerprint density at radius 1 is 1.04 bits per heavy atom. The van der Waals surface area contributed by atoms with Crippen LogP contribution in [0.25, 0.3) is 0 Å². The molecule has 4 heteroatoms. The van der Waals surface area contributed by atoms with Crippen LogP contribution < -0.4 is 0 Å². The van der Waals surface area contributed by atoms with Crippen LogP contribution in [0.2, 0.25) is 0 Å². The number of esters is 2. The Morgan fingerprint density at radius 3 is 2.25 bits per heavy atom. The van der Waals surface area contributed by atoms with Crippen molar-refractivity contribution in [2.24, 2.45) is 23.2 Å². The van der Waals surface area contributed by atoms with Gasteiger partial charge >= 0.3 is 11.9 Å². The minimum atomic E-state index is -1.27. The van der Waals surface area contributed by atoms with E-state index < -0.39 is 17.4 Å². The number of hydrogen-bond acceptors (Lipinski definition) is 4. The Labute approximate surface area is 142 Å². The van der Waals surface area contributed by atoms with Crippen LogP contribution in [0.15, 0.2) is 42.5 Å². The first kappa shape index (κ1) is 16.7. The minimum Gasteiger partial charge on any atom is -0.468 e. The normalized spacial score (nSPS) is 30.5. The Kier molecular flexibility index (Phi) is 4.48. The molecule has 24 heavy (non-hydrogen) atoms. The van der Waals surface area contributed by atoms with E-state index >= 15 is 0 Å². The lowest BCUT2D eigenvalue weighted by atomic mass is 9.69. The maximum Gasteiger partial charge on any atom is 0.323 e. The fourth-order valence-corrected chi connectivity index (χ4v) is 4.68. The molecule has 1 fully saturated rings. The number of hydrogen-bond donors (Lipinski definition) is 0. The summed E-state index contributed by atoms with van der Waals surface area (Å²) in [6.07, 6.45) is 5.76. The van der Waals surface area contributed by atoms with Crippen LogP contribution in [0, 0.1) is 23.2 Å². The number of benzene rings is 1. The second-order valence-electron chi connectivity index (χ2n) is 6.97. The van der Waals surface area contributed by atoms with Crippen molar-refractivity contribution in [1.29, 1.82) is 0 Å². The van der Waals surface area contributed by atoms with Crippen molar-refractivity contribution < 1.29 is 19.1 Å². The number of carbonyl (C=O) groups excluding carboxylic acids is 2. The molecule has 0 radical (unpaired) electrons. The minimum absolute atomic E-state index is 0.185. The van der Waals surface area contributed by atoms with Crippen molar-refractivity contribution in [3.63, 3.8) is 0 Å². The fraction of sp³-hybridized carbons (Fsp3) is 0.500. The van der Waals surface area contributed by atoms with E-state index in [4.69, 9.17) is 9.47 Å². The van der Waals surface area contributed by atoms with Crippen molar-refractivity contribution in [3.05, 3.63) is 48.0 Å². The summed E-state index contributed by atoms with van der Waals surface area (Å²) in [5, 5.41) is 0. The van der Waals surface area contributed by atoms with E-state index in [0.29, 0.717) is 12.3 Å². The molecule has 3 rings (SSSR count). The molecule has 1 aromatic carbocycles. The largest absolute Gasteiger partial charge is 0.468 e. The third kappa shape index (κ3) is 2.45. The number of rotatable bonds is 3. The lowest BCUT2D eigenvalue weighted by Gasteiger charge is -2.34. The fourth-order valence-electron chi connectivity index (χ4n) is 4.68. The van der Waals surface area contributed by atoms with Crippen LogP contribution in [0.5, 0.6) is 0 Å². The van der Waals surface area contributed by atoms with Crippen molar-refractivity contribution in [1.82, 2.24) is 0 Å². The van der Waals surface area contributed by atoms with E-state index in [1.54, 1.807) is 0 Å². The molecular formula is C20H24O4. The highest BCUT2D eigenvalue weighted by Crippen LogP contribution is 2.60. The third-order valence-corrected chi connectivity index (χ3v) is 5.66. The molecule has 1 aromatic rings. The molecule has 3 unspecified atom stereocenters. The molecule has 0 aromatic heterocycles. The summed E-state index contributed by atoms with van der Waals surface area (Å²) in [5.41, 5.74) is -0.266. The summed E-state index contributed by atoms with van der Waals surface area (Å²) in [5.74, 6) is -0.355. The first-order valence-electron chi connectivity index (χ1n) is 8.44. The molecule has 2 aliphatic carbocycles. The SMILES string of the molecule is COC(=O)C1(C(=O)OC)CC2C=CC(C)CC2[C@H]1c1ccccc1. The Bertz CT molecular complexity index is 633. The van der Waals surface area contributed by atoms with Crippen molar-refractivity contribution in [2.75, 3.05) is 14.2 Å². The molecule has 4 nitrogen and oxygen atoms in total. The second kappa shape index (κ2) is 6.42. The summed E-state index contributed by atoms with van der Waals surface area (Å²) in [4.78, 5) is 25.6. The van der Waals surface area contributed by atoms with Crippen LogP contribution in [0.4, 0.5) is 0 Å². The number of methoxy groups -OCH3 is 2. The standard InChI is InChI=1S/C20H24O4/c1-13-9-10-15-12-20(18(21)23-2,19(22)24-3)17(16(15)11-13)14-7-5-4-6-8-14/h4-10,13,15-17H,11-12H2,1-3H3/t13?,15?,16?,17-/m1/s1. The topological polar surface area (TPSA) is 52.6 Å². The number of fused-ring (bicyclic) bond motifs is 1. The molecule has 2 aliphatic rings. The molecule has 0 amide bonds. The Morgan fingerprint density at radius 2 is 1.67 bits per heavy atom. The van der Waals surface area contributed by atoms with E-state index in [0.717, 1.165) is 12.0 Å².